The van der Waals surface area contributed by atoms with Gasteiger partial charge in [-0.25, -0.2) is 0 Å². The summed E-state index contributed by atoms with van der Waals surface area (Å²) >= 11 is 0. The first-order chi connectivity index (χ1) is 7.77. The molecule has 0 fully saturated rings. The van der Waals surface area contributed by atoms with Crippen LogP contribution in [0.3, 0.4) is 0 Å². The Hall–Kier alpha value is -1.64. The standard InChI is InChI=1S/C13H15N3/c1-9(2)12-14-15-13-11-6-4-3-5-10(11)7-8-16(12)13/h3-6,9H,7-8H2,1-2H3. The Kier molecular flexibility index (Phi) is 2.06. The molecule has 0 radical (unpaired) electrons. The topological polar surface area (TPSA) is 30.7 Å². The van der Waals surface area contributed by atoms with Gasteiger partial charge in [0.1, 0.15) is 5.82 Å². The van der Waals surface area contributed by atoms with Crippen LogP contribution >= 0.6 is 0 Å². The van der Waals surface area contributed by atoms with E-state index in [9.17, 15) is 0 Å². The van der Waals surface area contributed by atoms with Crippen molar-refractivity contribution in [3.05, 3.63) is 35.7 Å². The van der Waals surface area contributed by atoms with E-state index < -0.39 is 0 Å². The van der Waals surface area contributed by atoms with Crippen molar-refractivity contribution in [2.75, 3.05) is 0 Å². The molecule has 3 rings (SSSR count). The molecule has 1 aromatic carbocycles. The highest BCUT2D eigenvalue weighted by Gasteiger charge is 2.21. The Labute approximate surface area is 95.1 Å². The molecule has 1 aliphatic heterocycles. The predicted molar refractivity (Wildman–Crippen MR) is 63.3 cm³/mol. The van der Waals surface area contributed by atoms with Crippen molar-refractivity contribution in [1.82, 2.24) is 14.8 Å². The molecule has 3 nitrogen and oxygen atoms in total. The van der Waals surface area contributed by atoms with Gasteiger partial charge in [0, 0.05) is 18.0 Å². The normalized spacial score (nSPS) is 13.7. The number of hydrogen-bond donors (Lipinski definition) is 0. The number of aromatic nitrogens is 3. The molecule has 1 aliphatic rings. The molecule has 1 aromatic heterocycles. The molecule has 3 heteroatoms. The summed E-state index contributed by atoms with van der Waals surface area (Å²) in [6, 6.07) is 8.48. The van der Waals surface area contributed by atoms with Crippen LogP contribution in [0.15, 0.2) is 24.3 Å². The third-order valence-corrected chi connectivity index (χ3v) is 3.16. The van der Waals surface area contributed by atoms with Gasteiger partial charge in [0.25, 0.3) is 0 Å². The Balaban J connectivity index is 2.19. The van der Waals surface area contributed by atoms with E-state index in [0.717, 1.165) is 24.6 Å². The predicted octanol–water partition coefficient (Wildman–Crippen LogP) is 2.62. The van der Waals surface area contributed by atoms with Crippen LogP contribution in [0.1, 0.15) is 31.2 Å². The highest BCUT2D eigenvalue weighted by Crippen LogP contribution is 2.29. The molecule has 0 amide bonds. The van der Waals surface area contributed by atoms with E-state index in [1.54, 1.807) is 0 Å². The molecule has 0 N–H and O–H groups in total. The summed E-state index contributed by atoms with van der Waals surface area (Å²) in [5.74, 6) is 2.57. The van der Waals surface area contributed by atoms with Gasteiger partial charge in [0.05, 0.1) is 0 Å². The van der Waals surface area contributed by atoms with Crippen molar-refractivity contribution < 1.29 is 0 Å². The molecule has 16 heavy (non-hydrogen) atoms. The number of nitrogens with zero attached hydrogens (tertiary/aromatic N) is 3. The lowest BCUT2D eigenvalue weighted by atomic mass is 10.0. The number of rotatable bonds is 1. The number of aryl methyl sites for hydroxylation is 1. The third kappa shape index (κ3) is 1.28. The maximum atomic E-state index is 4.33. The third-order valence-electron chi connectivity index (χ3n) is 3.16. The summed E-state index contributed by atoms with van der Waals surface area (Å²) in [4.78, 5) is 0. The molecule has 0 spiro atoms. The van der Waals surface area contributed by atoms with Crippen molar-refractivity contribution >= 4 is 0 Å². The van der Waals surface area contributed by atoms with Crippen LogP contribution < -0.4 is 0 Å². The van der Waals surface area contributed by atoms with Gasteiger partial charge < -0.3 is 4.57 Å². The average molecular weight is 213 g/mol. The summed E-state index contributed by atoms with van der Waals surface area (Å²) in [6.45, 7) is 5.34. The second-order valence-corrected chi connectivity index (χ2v) is 4.60. The van der Waals surface area contributed by atoms with Crippen molar-refractivity contribution in [2.24, 2.45) is 0 Å². The molecule has 0 atom stereocenters. The molecule has 0 saturated carbocycles. The number of benzene rings is 1. The lowest BCUT2D eigenvalue weighted by Gasteiger charge is -2.19. The maximum absolute atomic E-state index is 4.33. The van der Waals surface area contributed by atoms with E-state index in [1.165, 1.54) is 11.1 Å². The van der Waals surface area contributed by atoms with Crippen LogP contribution in [0.4, 0.5) is 0 Å². The molecule has 0 bridgehead atoms. The smallest absolute Gasteiger partial charge is 0.164 e. The van der Waals surface area contributed by atoms with E-state index >= 15 is 0 Å². The Bertz CT molecular complexity index is 526. The summed E-state index contributed by atoms with van der Waals surface area (Å²) in [5, 5.41) is 8.64. The minimum absolute atomic E-state index is 0.437. The van der Waals surface area contributed by atoms with Crippen LogP contribution in [0, 0.1) is 0 Å². The molecule has 82 valence electrons. The molecular formula is C13H15N3. The van der Waals surface area contributed by atoms with Crippen molar-refractivity contribution in [1.29, 1.82) is 0 Å². The van der Waals surface area contributed by atoms with Crippen molar-refractivity contribution in [3.63, 3.8) is 0 Å². The highest BCUT2D eigenvalue weighted by atomic mass is 15.3. The van der Waals surface area contributed by atoms with Crippen LogP contribution in [0.25, 0.3) is 11.4 Å². The second kappa shape index (κ2) is 3.44. The molecule has 0 aliphatic carbocycles. The van der Waals surface area contributed by atoms with Gasteiger partial charge in [0.15, 0.2) is 5.82 Å². The second-order valence-electron chi connectivity index (χ2n) is 4.60. The average Bonchev–Trinajstić information content (AvgIpc) is 2.73. The zero-order chi connectivity index (χ0) is 11.1. The number of hydrogen-bond acceptors (Lipinski definition) is 2. The molecular weight excluding hydrogens is 198 g/mol. The Morgan fingerprint density at radius 3 is 2.81 bits per heavy atom. The highest BCUT2D eigenvalue weighted by molar-refractivity contribution is 5.62. The lowest BCUT2D eigenvalue weighted by molar-refractivity contribution is 0.613. The first-order valence-electron chi connectivity index (χ1n) is 5.78. The monoisotopic (exact) mass is 213 g/mol. The summed E-state index contributed by atoms with van der Waals surface area (Å²) in [5.41, 5.74) is 2.63. The van der Waals surface area contributed by atoms with Gasteiger partial charge in [-0.2, -0.15) is 0 Å². The van der Waals surface area contributed by atoms with Gasteiger partial charge in [-0.15, -0.1) is 10.2 Å². The van der Waals surface area contributed by atoms with Gasteiger partial charge in [-0.1, -0.05) is 38.1 Å². The van der Waals surface area contributed by atoms with E-state index in [4.69, 9.17) is 0 Å². The molecule has 2 aromatic rings. The summed E-state index contributed by atoms with van der Waals surface area (Å²) in [7, 11) is 0. The van der Waals surface area contributed by atoms with Crippen molar-refractivity contribution in [2.45, 2.75) is 32.7 Å². The molecule has 0 unspecified atom stereocenters. The fraction of sp³-hybridized carbons (Fsp3) is 0.385. The first kappa shape index (κ1) is 9.58. The van der Waals surface area contributed by atoms with E-state index in [2.05, 4.69) is 52.9 Å². The van der Waals surface area contributed by atoms with Gasteiger partial charge >= 0.3 is 0 Å². The summed E-state index contributed by atoms with van der Waals surface area (Å²) in [6.07, 6.45) is 1.08. The Morgan fingerprint density at radius 2 is 2.00 bits per heavy atom. The van der Waals surface area contributed by atoms with E-state index in [0.29, 0.717) is 5.92 Å². The fourth-order valence-corrected chi connectivity index (χ4v) is 2.35. The zero-order valence-corrected chi connectivity index (χ0v) is 9.64. The minimum Gasteiger partial charge on any atom is -0.310 e. The van der Waals surface area contributed by atoms with Gasteiger partial charge in [-0.05, 0) is 12.0 Å². The van der Waals surface area contributed by atoms with Crippen LogP contribution in [-0.4, -0.2) is 14.8 Å². The van der Waals surface area contributed by atoms with Crippen LogP contribution in [0.2, 0.25) is 0 Å². The molecule has 0 saturated heterocycles. The quantitative estimate of drug-likeness (QED) is 0.729. The molecule has 2 heterocycles. The van der Waals surface area contributed by atoms with Crippen LogP contribution in [-0.2, 0) is 13.0 Å². The van der Waals surface area contributed by atoms with E-state index in [1.807, 2.05) is 0 Å². The minimum atomic E-state index is 0.437. The zero-order valence-electron chi connectivity index (χ0n) is 9.64. The summed E-state index contributed by atoms with van der Waals surface area (Å²) < 4.78 is 2.26. The van der Waals surface area contributed by atoms with Crippen molar-refractivity contribution in [3.8, 4) is 11.4 Å². The fourth-order valence-electron chi connectivity index (χ4n) is 2.35. The lowest BCUT2D eigenvalue weighted by Crippen LogP contribution is -2.14. The van der Waals surface area contributed by atoms with Gasteiger partial charge in [0.2, 0.25) is 0 Å². The van der Waals surface area contributed by atoms with E-state index in [-0.39, 0.29) is 0 Å². The SMILES string of the molecule is CC(C)c1nnc2n1CCc1ccccc1-2. The first-order valence-corrected chi connectivity index (χ1v) is 5.78. The Morgan fingerprint density at radius 1 is 1.19 bits per heavy atom. The maximum Gasteiger partial charge on any atom is 0.164 e. The van der Waals surface area contributed by atoms with Crippen LogP contribution in [0.5, 0.6) is 0 Å². The van der Waals surface area contributed by atoms with Gasteiger partial charge in [-0.3, -0.25) is 0 Å². The number of fused-ring (bicyclic) bond motifs is 3. The largest absolute Gasteiger partial charge is 0.310 e.